The van der Waals surface area contributed by atoms with Crippen molar-refractivity contribution in [3.05, 3.63) is 35.6 Å². The SMILES string of the molecule is Cn1ccnc1SCC(=O)Nc1ccc(Cl)c(N)c1. The van der Waals surface area contributed by atoms with Crippen molar-refractivity contribution in [3.63, 3.8) is 0 Å². The van der Waals surface area contributed by atoms with Gasteiger partial charge in [-0.05, 0) is 18.2 Å². The summed E-state index contributed by atoms with van der Waals surface area (Å²) in [5.74, 6) is 0.169. The summed E-state index contributed by atoms with van der Waals surface area (Å²) >= 11 is 7.18. The highest BCUT2D eigenvalue weighted by atomic mass is 35.5. The Kier molecular flexibility index (Phi) is 4.34. The molecule has 0 bridgehead atoms. The fourth-order valence-electron chi connectivity index (χ4n) is 1.44. The Labute approximate surface area is 120 Å². The number of anilines is 2. The fraction of sp³-hybridized carbons (Fsp3) is 0.167. The van der Waals surface area contributed by atoms with E-state index in [9.17, 15) is 4.79 Å². The number of thioether (sulfide) groups is 1. The van der Waals surface area contributed by atoms with Gasteiger partial charge in [-0.2, -0.15) is 0 Å². The van der Waals surface area contributed by atoms with E-state index in [1.165, 1.54) is 11.8 Å². The first-order valence-corrected chi connectivity index (χ1v) is 6.87. The minimum atomic E-state index is -0.116. The average Bonchev–Trinajstić information content (AvgIpc) is 2.77. The molecule has 0 saturated heterocycles. The highest BCUT2D eigenvalue weighted by molar-refractivity contribution is 7.99. The van der Waals surface area contributed by atoms with Crippen molar-refractivity contribution in [2.75, 3.05) is 16.8 Å². The van der Waals surface area contributed by atoms with Crippen LogP contribution in [0.25, 0.3) is 0 Å². The summed E-state index contributed by atoms with van der Waals surface area (Å²) in [6, 6.07) is 4.99. The Morgan fingerprint density at radius 1 is 1.58 bits per heavy atom. The van der Waals surface area contributed by atoms with Crippen LogP contribution in [0.5, 0.6) is 0 Å². The van der Waals surface area contributed by atoms with Gasteiger partial charge in [-0.3, -0.25) is 4.79 Å². The van der Waals surface area contributed by atoms with E-state index in [2.05, 4.69) is 10.3 Å². The third kappa shape index (κ3) is 3.65. The lowest BCUT2D eigenvalue weighted by atomic mass is 10.3. The number of aromatic nitrogens is 2. The number of imidazole rings is 1. The van der Waals surface area contributed by atoms with Gasteiger partial charge in [0.2, 0.25) is 5.91 Å². The van der Waals surface area contributed by atoms with Gasteiger partial charge in [0.25, 0.3) is 0 Å². The molecule has 7 heteroatoms. The Bertz CT molecular complexity index is 599. The van der Waals surface area contributed by atoms with E-state index in [0.29, 0.717) is 16.4 Å². The number of halogens is 1. The summed E-state index contributed by atoms with van der Waals surface area (Å²) in [7, 11) is 1.88. The van der Waals surface area contributed by atoms with Gasteiger partial charge in [0.1, 0.15) is 0 Å². The number of carbonyl (C=O) groups is 1. The zero-order valence-corrected chi connectivity index (χ0v) is 11.8. The molecule has 100 valence electrons. The molecule has 0 aliphatic carbocycles. The number of hydrogen-bond donors (Lipinski definition) is 2. The third-order valence-electron chi connectivity index (χ3n) is 2.39. The molecule has 0 unspecified atom stereocenters. The Morgan fingerprint density at radius 3 is 3.00 bits per heavy atom. The van der Waals surface area contributed by atoms with Crippen molar-refractivity contribution >= 4 is 40.6 Å². The minimum absolute atomic E-state index is 0.116. The topological polar surface area (TPSA) is 72.9 Å². The first-order valence-electron chi connectivity index (χ1n) is 5.51. The van der Waals surface area contributed by atoms with Crippen LogP contribution in [0, 0.1) is 0 Å². The number of carbonyl (C=O) groups excluding carboxylic acids is 1. The van der Waals surface area contributed by atoms with Gasteiger partial charge in [-0.1, -0.05) is 23.4 Å². The first kappa shape index (κ1) is 13.8. The van der Waals surface area contributed by atoms with Gasteiger partial charge < -0.3 is 15.6 Å². The van der Waals surface area contributed by atoms with Crippen LogP contribution >= 0.6 is 23.4 Å². The predicted molar refractivity (Wildman–Crippen MR) is 78.4 cm³/mol. The summed E-state index contributed by atoms with van der Waals surface area (Å²) in [5, 5.41) is 4.03. The number of nitrogens with two attached hydrogens (primary N) is 1. The monoisotopic (exact) mass is 296 g/mol. The summed E-state index contributed by atoms with van der Waals surface area (Å²) in [4.78, 5) is 15.9. The van der Waals surface area contributed by atoms with E-state index < -0.39 is 0 Å². The van der Waals surface area contributed by atoms with Crippen molar-refractivity contribution in [2.45, 2.75) is 5.16 Å². The summed E-state index contributed by atoms with van der Waals surface area (Å²) in [6.45, 7) is 0. The van der Waals surface area contributed by atoms with Gasteiger partial charge in [0.15, 0.2) is 5.16 Å². The Hall–Kier alpha value is -1.66. The molecule has 19 heavy (non-hydrogen) atoms. The maximum Gasteiger partial charge on any atom is 0.234 e. The van der Waals surface area contributed by atoms with Crippen LogP contribution in [-0.4, -0.2) is 21.2 Å². The molecule has 0 spiro atoms. The Morgan fingerprint density at radius 2 is 2.37 bits per heavy atom. The molecule has 1 aromatic carbocycles. The van der Waals surface area contributed by atoms with Gasteiger partial charge in [0, 0.05) is 25.1 Å². The second kappa shape index (κ2) is 5.99. The molecule has 0 atom stereocenters. The molecule has 0 fully saturated rings. The summed E-state index contributed by atoms with van der Waals surface area (Å²) in [5.41, 5.74) is 6.74. The number of rotatable bonds is 4. The number of hydrogen-bond acceptors (Lipinski definition) is 4. The summed E-state index contributed by atoms with van der Waals surface area (Å²) in [6.07, 6.45) is 3.53. The van der Waals surface area contributed by atoms with Crippen LogP contribution in [0.3, 0.4) is 0 Å². The minimum Gasteiger partial charge on any atom is -0.397 e. The van der Waals surface area contributed by atoms with Crippen LogP contribution in [0.15, 0.2) is 35.7 Å². The highest BCUT2D eigenvalue weighted by Crippen LogP contribution is 2.22. The van der Waals surface area contributed by atoms with Crippen LogP contribution in [0.4, 0.5) is 11.4 Å². The van der Waals surface area contributed by atoms with Crippen LogP contribution in [0.2, 0.25) is 5.02 Å². The fourth-order valence-corrected chi connectivity index (χ4v) is 2.29. The molecule has 3 N–H and O–H groups in total. The average molecular weight is 297 g/mol. The van der Waals surface area contributed by atoms with Gasteiger partial charge in [-0.15, -0.1) is 0 Å². The number of amides is 1. The van der Waals surface area contributed by atoms with E-state index in [0.717, 1.165) is 5.16 Å². The molecule has 0 aliphatic heterocycles. The van der Waals surface area contributed by atoms with Crippen LogP contribution < -0.4 is 11.1 Å². The second-order valence-corrected chi connectivity index (χ2v) is 5.24. The zero-order chi connectivity index (χ0) is 13.8. The van der Waals surface area contributed by atoms with E-state index in [4.69, 9.17) is 17.3 Å². The van der Waals surface area contributed by atoms with E-state index in [-0.39, 0.29) is 11.7 Å². The van der Waals surface area contributed by atoms with Crippen LogP contribution in [0.1, 0.15) is 0 Å². The largest absolute Gasteiger partial charge is 0.397 e. The summed E-state index contributed by atoms with van der Waals surface area (Å²) < 4.78 is 1.86. The zero-order valence-electron chi connectivity index (χ0n) is 10.3. The maximum atomic E-state index is 11.8. The molecule has 1 heterocycles. The maximum absolute atomic E-state index is 11.8. The highest BCUT2D eigenvalue weighted by Gasteiger charge is 2.07. The normalized spacial score (nSPS) is 10.4. The van der Waals surface area contributed by atoms with Crippen molar-refractivity contribution in [2.24, 2.45) is 7.05 Å². The molecule has 2 aromatic rings. The van der Waals surface area contributed by atoms with Crippen LogP contribution in [-0.2, 0) is 11.8 Å². The molecule has 5 nitrogen and oxygen atoms in total. The van der Waals surface area contributed by atoms with Gasteiger partial charge >= 0.3 is 0 Å². The third-order valence-corrected chi connectivity index (χ3v) is 3.79. The lowest BCUT2D eigenvalue weighted by molar-refractivity contribution is -0.113. The van der Waals surface area contributed by atoms with E-state index in [1.807, 2.05) is 17.8 Å². The first-order chi connectivity index (χ1) is 9.06. The molecule has 1 aromatic heterocycles. The number of nitrogens with one attached hydrogen (secondary N) is 1. The molecule has 2 rings (SSSR count). The number of nitrogen functional groups attached to an aromatic ring is 1. The van der Waals surface area contributed by atoms with Crippen molar-refractivity contribution in [3.8, 4) is 0 Å². The quantitative estimate of drug-likeness (QED) is 0.671. The van der Waals surface area contributed by atoms with E-state index in [1.54, 1.807) is 24.4 Å². The number of benzene rings is 1. The molecular weight excluding hydrogens is 284 g/mol. The Balaban J connectivity index is 1.91. The van der Waals surface area contributed by atoms with E-state index >= 15 is 0 Å². The number of nitrogens with zero attached hydrogens (tertiary/aromatic N) is 2. The molecular formula is C12H13ClN4OS. The molecule has 0 aliphatic rings. The van der Waals surface area contributed by atoms with Crippen molar-refractivity contribution in [1.82, 2.24) is 9.55 Å². The standard InChI is InChI=1S/C12H13ClN4OS/c1-17-5-4-15-12(17)19-7-11(18)16-8-2-3-9(13)10(14)6-8/h2-6H,7,14H2,1H3,(H,16,18). The van der Waals surface area contributed by atoms with Crippen molar-refractivity contribution in [1.29, 1.82) is 0 Å². The lowest BCUT2D eigenvalue weighted by Crippen LogP contribution is -2.14. The second-order valence-electron chi connectivity index (χ2n) is 3.89. The molecule has 1 amide bonds. The predicted octanol–water partition coefficient (Wildman–Crippen LogP) is 2.39. The smallest absolute Gasteiger partial charge is 0.234 e. The van der Waals surface area contributed by atoms with Gasteiger partial charge in [-0.25, -0.2) is 4.98 Å². The molecule has 0 saturated carbocycles. The van der Waals surface area contributed by atoms with Crippen molar-refractivity contribution < 1.29 is 4.79 Å². The molecule has 0 radical (unpaired) electrons. The lowest BCUT2D eigenvalue weighted by Gasteiger charge is -2.06. The van der Waals surface area contributed by atoms with Gasteiger partial charge in [0.05, 0.1) is 16.5 Å². The number of aryl methyl sites for hydroxylation is 1.